The maximum Gasteiger partial charge on any atom is 0.295 e. The van der Waals surface area contributed by atoms with Gasteiger partial charge in [-0.3, -0.25) is 14.1 Å². The van der Waals surface area contributed by atoms with Crippen molar-refractivity contribution < 1.29 is 13.0 Å². The van der Waals surface area contributed by atoms with Crippen LogP contribution < -0.4 is 10.9 Å². The van der Waals surface area contributed by atoms with Crippen LogP contribution in [0.3, 0.4) is 0 Å². The molecular formula is C22H16N2O5S. The molecule has 3 N–H and O–H groups in total. The third-order valence-corrected chi connectivity index (χ3v) is 6.70. The van der Waals surface area contributed by atoms with Crippen LogP contribution in [0.5, 0.6) is 0 Å². The number of aromatic nitrogens is 2. The van der Waals surface area contributed by atoms with Crippen molar-refractivity contribution in [2.24, 2.45) is 0 Å². The molecule has 30 heavy (non-hydrogen) atoms. The van der Waals surface area contributed by atoms with Gasteiger partial charge < -0.3 is 9.97 Å². The van der Waals surface area contributed by atoms with E-state index in [1.54, 1.807) is 30.3 Å². The summed E-state index contributed by atoms with van der Waals surface area (Å²) >= 11 is 0. The standard InChI is InChI=1S/C22H16N2O5S/c1-10-7-15-19(11(2)22(10)30(27,28)29)24-18-9-13-17(8-14(18)21(15)26)23-16-6-4-3-5-12(16)20(13)25/h3-9H,1-2H3,(H,23,25)(H,24,26)(H,27,28,29). The summed E-state index contributed by atoms with van der Waals surface area (Å²) in [6.07, 6.45) is 0. The lowest BCUT2D eigenvalue weighted by Gasteiger charge is -2.12. The van der Waals surface area contributed by atoms with E-state index in [9.17, 15) is 22.6 Å². The lowest BCUT2D eigenvalue weighted by Crippen LogP contribution is -2.11. The molecule has 8 heteroatoms. The molecule has 0 amide bonds. The van der Waals surface area contributed by atoms with Crippen LogP contribution >= 0.6 is 0 Å². The SMILES string of the molecule is Cc1cc2c(=O)c3cc4[nH]c5ccccc5c(=O)c4cc3[nH]c2c(C)c1S(=O)(=O)O. The predicted molar refractivity (Wildman–Crippen MR) is 117 cm³/mol. The monoisotopic (exact) mass is 420 g/mol. The molecule has 150 valence electrons. The van der Waals surface area contributed by atoms with E-state index in [0.29, 0.717) is 43.6 Å². The Bertz CT molecular complexity index is 1780. The molecule has 5 aromatic rings. The van der Waals surface area contributed by atoms with Gasteiger partial charge in [-0.05, 0) is 55.3 Å². The summed E-state index contributed by atoms with van der Waals surface area (Å²) in [6.45, 7) is 3.06. The number of nitrogens with one attached hydrogen (secondary N) is 2. The molecule has 5 rings (SSSR count). The summed E-state index contributed by atoms with van der Waals surface area (Å²) in [4.78, 5) is 32.2. The Hall–Kier alpha value is -3.49. The highest BCUT2D eigenvalue weighted by molar-refractivity contribution is 7.86. The first-order valence-corrected chi connectivity index (χ1v) is 10.6. The Morgan fingerprint density at radius 2 is 1.37 bits per heavy atom. The van der Waals surface area contributed by atoms with Gasteiger partial charge in [0.05, 0.1) is 16.6 Å². The van der Waals surface area contributed by atoms with Crippen LogP contribution in [0.4, 0.5) is 0 Å². The second-order valence-corrected chi connectivity index (χ2v) is 8.80. The number of hydrogen-bond donors (Lipinski definition) is 3. The van der Waals surface area contributed by atoms with Crippen molar-refractivity contribution in [2.75, 3.05) is 0 Å². The van der Waals surface area contributed by atoms with E-state index in [-0.39, 0.29) is 26.9 Å². The van der Waals surface area contributed by atoms with E-state index in [4.69, 9.17) is 0 Å². The number of fused-ring (bicyclic) bond motifs is 4. The van der Waals surface area contributed by atoms with Gasteiger partial charge in [-0.25, -0.2) is 0 Å². The van der Waals surface area contributed by atoms with Gasteiger partial charge in [0.1, 0.15) is 4.90 Å². The zero-order chi connectivity index (χ0) is 21.4. The highest BCUT2D eigenvalue weighted by Crippen LogP contribution is 2.28. The number of aryl methyl sites for hydroxylation is 2. The minimum Gasteiger partial charge on any atom is -0.354 e. The lowest BCUT2D eigenvalue weighted by molar-refractivity contribution is 0.482. The van der Waals surface area contributed by atoms with E-state index >= 15 is 0 Å². The minimum absolute atomic E-state index is 0.165. The van der Waals surface area contributed by atoms with Crippen LogP contribution in [0, 0.1) is 13.8 Å². The van der Waals surface area contributed by atoms with E-state index in [1.807, 2.05) is 6.07 Å². The molecule has 0 unspecified atom stereocenters. The molecule has 0 aliphatic heterocycles. The third kappa shape index (κ3) is 2.51. The minimum atomic E-state index is -4.46. The second-order valence-electron chi connectivity index (χ2n) is 7.44. The van der Waals surface area contributed by atoms with Crippen molar-refractivity contribution >= 4 is 53.7 Å². The van der Waals surface area contributed by atoms with Crippen LogP contribution in [0.2, 0.25) is 0 Å². The zero-order valence-electron chi connectivity index (χ0n) is 16.0. The van der Waals surface area contributed by atoms with E-state index < -0.39 is 10.1 Å². The summed E-state index contributed by atoms with van der Waals surface area (Å²) in [6, 6.07) is 11.8. The first kappa shape index (κ1) is 18.5. The van der Waals surface area contributed by atoms with Gasteiger partial charge in [0, 0.05) is 27.1 Å². The maximum atomic E-state index is 13.2. The van der Waals surface area contributed by atoms with E-state index in [2.05, 4.69) is 9.97 Å². The molecule has 0 fully saturated rings. The number of hydrogen-bond acceptors (Lipinski definition) is 4. The molecule has 0 aliphatic rings. The van der Waals surface area contributed by atoms with Crippen LogP contribution in [-0.2, 0) is 10.1 Å². The van der Waals surface area contributed by atoms with Crippen molar-refractivity contribution in [3.8, 4) is 0 Å². The smallest absolute Gasteiger partial charge is 0.295 e. The van der Waals surface area contributed by atoms with Gasteiger partial charge in [-0.1, -0.05) is 12.1 Å². The Labute approximate surface area is 169 Å². The zero-order valence-corrected chi connectivity index (χ0v) is 16.8. The van der Waals surface area contributed by atoms with Gasteiger partial charge in [0.15, 0.2) is 10.9 Å². The highest BCUT2D eigenvalue weighted by Gasteiger charge is 2.21. The van der Waals surface area contributed by atoms with E-state index in [0.717, 1.165) is 0 Å². The van der Waals surface area contributed by atoms with Gasteiger partial charge in [0.25, 0.3) is 10.1 Å². The van der Waals surface area contributed by atoms with Crippen LogP contribution in [0.1, 0.15) is 11.1 Å². The van der Waals surface area contributed by atoms with Gasteiger partial charge >= 0.3 is 0 Å². The molecule has 0 radical (unpaired) electrons. The second kappa shape index (κ2) is 6.01. The third-order valence-electron chi connectivity index (χ3n) is 5.55. The Balaban J connectivity index is 2.00. The number of benzene rings is 3. The molecule has 0 aliphatic carbocycles. The van der Waals surface area contributed by atoms with Crippen molar-refractivity contribution in [3.63, 3.8) is 0 Å². The summed E-state index contributed by atoms with van der Waals surface area (Å²) in [7, 11) is -4.46. The molecule has 0 saturated heterocycles. The fourth-order valence-electron chi connectivity index (χ4n) is 4.24. The van der Waals surface area contributed by atoms with Gasteiger partial charge in [-0.2, -0.15) is 8.42 Å². The molecule has 2 aromatic heterocycles. The number of rotatable bonds is 1. The first-order chi connectivity index (χ1) is 14.2. The first-order valence-electron chi connectivity index (χ1n) is 9.19. The largest absolute Gasteiger partial charge is 0.354 e. The summed E-state index contributed by atoms with van der Waals surface area (Å²) in [5.74, 6) is 0. The topological polar surface area (TPSA) is 120 Å². The number of H-pyrrole nitrogens is 2. The number of aromatic amines is 2. The van der Waals surface area contributed by atoms with Crippen LogP contribution in [0.15, 0.2) is 56.9 Å². The van der Waals surface area contributed by atoms with Crippen LogP contribution in [-0.4, -0.2) is 22.9 Å². The molecule has 3 aromatic carbocycles. The molecule has 0 atom stereocenters. The fraction of sp³-hybridized carbons (Fsp3) is 0.0909. The Morgan fingerprint density at radius 3 is 2.03 bits per heavy atom. The fourth-order valence-corrected chi connectivity index (χ4v) is 5.20. The van der Waals surface area contributed by atoms with Crippen molar-refractivity contribution in [1.29, 1.82) is 0 Å². The van der Waals surface area contributed by atoms with Gasteiger partial charge in [-0.15, -0.1) is 0 Å². The Morgan fingerprint density at radius 1 is 0.767 bits per heavy atom. The molecule has 2 heterocycles. The predicted octanol–water partition coefficient (Wildman–Crippen LogP) is 3.54. The molecule has 0 spiro atoms. The van der Waals surface area contributed by atoms with Crippen molar-refractivity contribution in [1.82, 2.24) is 9.97 Å². The Kier molecular flexibility index (Phi) is 3.71. The summed E-state index contributed by atoms with van der Waals surface area (Å²) in [5, 5.41) is 1.63. The van der Waals surface area contributed by atoms with Gasteiger partial charge in [0.2, 0.25) is 0 Å². The molecule has 7 nitrogen and oxygen atoms in total. The number of para-hydroxylation sites is 1. The van der Waals surface area contributed by atoms with E-state index in [1.165, 1.54) is 19.9 Å². The van der Waals surface area contributed by atoms with Crippen molar-refractivity contribution in [2.45, 2.75) is 18.7 Å². The summed E-state index contributed by atoms with van der Waals surface area (Å²) in [5.41, 5.74) is 2.02. The molecule has 0 saturated carbocycles. The number of pyridine rings is 2. The normalized spacial score (nSPS) is 12.4. The molecular weight excluding hydrogens is 404 g/mol. The van der Waals surface area contributed by atoms with Crippen LogP contribution in [0.25, 0.3) is 43.6 Å². The lowest BCUT2D eigenvalue weighted by atomic mass is 10.0. The highest BCUT2D eigenvalue weighted by atomic mass is 32.2. The average molecular weight is 420 g/mol. The quantitative estimate of drug-likeness (QED) is 0.283. The summed E-state index contributed by atoms with van der Waals surface area (Å²) < 4.78 is 33.3. The average Bonchev–Trinajstić information content (AvgIpc) is 2.68. The molecule has 0 bridgehead atoms. The maximum absolute atomic E-state index is 13.2. The van der Waals surface area contributed by atoms with Crippen molar-refractivity contribution in [3.05, 3.63) is 74.0 Å².